The van der Waals surface area contributed by atoms with Gasteiger partial charge in [-0.05, 0) is 75.0 Å². The molecule has 1 atom stereocenters. The Bertz CT molecular complexity index is 2450. The zero-order valence-corrected chi connectivity index (χ0v) is 27.6. The summed E-state index contributed by atoms with van der Waals surface area (Å²) in [7, 11) is 0. The smallest absolute Gasteiger partial charge is 0.130 e. The second-order valence-corrected chi connectivity index (χ2v) is 12.8. The molecule has 0 spiro atoms. The minimum atomic E-state index is -0.126. The molecule has 2 heterocycles. The fraction of sp³-hybridized carbons (Fsp3) is 0.0213. The number of hydrogen-bond acceptors (Lipinski definition) is 3. The van der Waals surface area contributed by atoms with E-state index >= 15 is 0 Å². The van der Waals surface area contributed by atoms with Crippen LogP contribution in [0.3, 0.4) is 0 Å². The van der Waals surface area contributed by atoms with E-state index in [0.29, 0.717) is 0 Å². The van der Waals surface area contributed by atoms with Gasteiger partial charge in [0.05, 0.1) is 5.69 Å². The van der Waals surface area contributed by atoms with Gasteiger partial charge in [0.2, 0.25) is 0 Å². The molecule has 0 aromatic heterocycles. The van der Waals surface area contributed by atoms with Crippen molar-refractivity contribution in [2.75, 3.05) is 15.5 Å². The van der Waals surface area contributed by atoms with E-state index in [2.05, 4.69) is 204 Å². The highest BCUT2D eigenvalue weighted by Gasteiger charge is 2.30. The largest absolute Gasteiger partial charge is 0.361 e. The van der Waals surface area contributed by atoms with Crippen LogP contribution < -0.4 is 15.5 Å². The fourth-order valence-corrected chi connectivity index (χ4v) is 7.36. The Labute approximate surface area is 293 Å². The number of allylic oxidation sites excluding steroid dienone is 4. The summed E-state index contributed by atoms with van der Waals surface area (Å²) in [5.41, 5.74) is 14.6. The van der Waals surface area contributed by atoms with Crippen molar-refractivity contribution in [1.82, 2.24) is 0 Å². The van der Waals surface area contributed by atoms with Gasteiger partial charge >= 0.3 is 0 Å². The molecule has 3 nitrogen and oxygen atoms in total. The fourth-order valence-electron chi connectivity index (χ4n) is 7.36. The highest BCUT2D eigenvalue weighted by atomic mass is 15.3. The average molecular weight is 642 g/mol. The zero-order valence-electron chi connectivity index (χ0n) is 27.6. The van der Waals surface area contributed by atoms with Crippen LogP contribution in [0.1, 0.15) is 17.3 Å². The standard InChI is InChI=1S/C47H35N3/c1-32-14-11-12-29-50(47-41-22-8-7-20-39(41)40-21-9-10-24-44(40)49-47)46-31-43(34-15-3-2-4-16-34)45(30-42(32)46)48-36-27-25-35(26-28-36)38-23-13-18-33-17-5-6-19-37(33)38/h2-31,47-49H,1H2/b14-11-,29-12-. The second kappa shape index (κ2) is 12.5. The van der Waals surface area contributed by atoms with Gasteiger partial charge in [0.1, 0.15) is 6.17 Å². The number of nitrogens with one attached hydrogen (secondary N) is 2. The van der Waals surface area contributed by atoms with Gasteiger partial charge in [-0.3, -0.25) is 0 Å². The van der Waals surface area contributed by atoms with Crippen molar-refractivity contribution in [3.63, 3.8) is 0 Å². The lowest BCUT2D eigenvalue weighted by Gasteiger charge is -2.39. The van der Waals surface area contributed by atoms with Gasteiger partial charge in [0.25, 0.3) is 0 Å². The molecule has 0 aliphatic carbocycles. The number of fused-ring (bicyclic) bond motifs is 5. The van der Waals surface area contributed by atoms with Crippen molar-refractivity contribution >= 4 is 39.1 Å². The van der Waals surface area contributed by atoms with Crippen molar-refractivity contribution in [3.8, 4) is 33.4 Å². The summed E-state index contributed by atoms with van der Waals surface area (Å²) >= 11 is 0. The topological polar surface area (TPSA) is 27.3 Å². The summed E-state index contributed by atoms with van der Waals surface area (Å²) in [6.07, 6.45) is 8.32. The lowest BCUT2D eigenvalue weighted by molar-refractivity contribution is 0.777. The Morgan fingerprint density at radius 2 is 1.26 bits per heavy atom. The van der Waals surface area contributed by atoms with Crippen molar-refractivity contribution in [3.05, 3.63) is 200 Å². The molecule has 2 N–H and O–H groups in total. The number of hydrogen-bond donors (Lipinski definition) is 2. The highest BCUT2D eigenvalue weighted by Crippen LogP contribution is 2.47. The Balaban J connectivity index is 1.15. The lowest BCUT2D eigenvalue weighted by Crippen LogP contribution is -2.33. The van der Waals surface area contributed by atoms with Gasteiger partial charge in [-0.1, -0.05) is 146 Å². The van der Waals surface area contributed by atoms with Gasteiger partial charge in [-0.25, -0.2) is 0 Å². The van der Waals surface area contributed by atoms with Crippen LogP contribution in [0.5, 0.6) is 0 Å². The molecule has 7 aromatic carbocycles. The van der Waals surface area contributed by atoms with Crippen LogP contribution in [-0.4, -0.2) is 0 Å². The average Bonchev–Trinajstić information content (AvgIpc) is 3.17. The minimum absolute atomic E-state index is 0.126. The number of rotatable bonds is 5. The van der Waals surface area contributed by atoms with E-state index in [1.165, 1.54) is 38.6 Å². The lowest BCUT2D eigenvalue weighted by atomic mass is 9.90. The van der Waals surface area contributed by atoms with Crippen LogP contribution in [0.4, 0.5) is 22.7 Å². The molecule has 0 fully saturated rings. The maximum atomic E-state index is 4.54. The first-order chi connectivity index (χ1) is 24.7. The Hall–Kier alpha value is -6.58. The van der Waals surface area contributed by atoms with Crippen LogP contribution >= 0.6 is 0 Å². The SMILES string of the molecule is C=C1/C=C\C=C/N(C2Nc3ccccc3-c3ccccc32)c2cc(-c3ccccc3)c(Nc3ccc(-c4cccc5ccccc45)cc3)cc21. The van der Waals surface area contributed by atoms with E-state index < -0.39 is 0 Å². The molecule has 238 valence electrons. The summed E-state index contributed by atoms with van der Waals surface area (Å²) in [5, 5.41) is 10.2. The van der Waals surface area contributed by atoms with E-state index in [1.807, 2.05) is 0 Å². The molecule has 0 bridgehead atoms. The van der Waals surface area contributed by atoms with Crippen LogP contribution in [-0.2, 0) is 0 Å². The zero-order chi connectivity index (χ0) is 33.4. The third-order valence-corrected chi connectivity index (χ3v) is 9.81. The van der Waals surface area contributed by atoms with Crippen LogP contribution in [0.25, 0.3) is 49.7 Å². The minimum Gasteiger partial charge on any atom is -0.361 e. The van der Waals surface area contributed by atoms with Crippen LogP contribution in [0.15, 0.2) is 189 Å². The van der Waals surface area contributed by atoms with Crippen molar-refractivity contribution in [2.24, 2.45) is 0 Å². The van der Waals surface area contributed by atoms with Gasteiger partial charge < -0.3 is 15.5 Å². The monoisotopic (exact) mass is 641 g/mol. The molecule has 0 saturated heterocycles. The molecule has 2 aliphatic rings. The third-order valence-electron chi connectivity index (χ3n) is 9.81. The molecule has 50 heavy (non-hydrogen) atoms. The number of anilines is 4. The van der Waals surface area contributed by atoms with E-state index in [0.717, 1.165) is 45.0 Å². The molecule has 2 aliphatic heterocycles. The summed E-state index contributed by atoms with van der Waals surface area (Å²) < 4.78 is 0. The van der Waals surface area contributed by atoms with E-state index in [4.69, 9.17) is 0 Å². The third kappa shape index (κ3) is 5.26. The Kier molecular flexibility index (Phi) is 7.37. The normalized spacial score (nSPS) is 15.9. The molecular formula is C47H35N3. The number of nitrogens with zero attached hydrogens (tertiary/aromatic N) is 1. The van der Waals surface area contributed by atoms with Crippen molar-refractivity contribution in [2.45, 2.75) is 6.17 Å². The molecule has 9 rings (SSSR count). The first-order valence-corrected chi connectivity index (χ1v) is 17.1. The second-order valence-electron chi connectivity index (χ2n) is 12.8. The first-order valence-electron chi connectivity index (χ1n) is 17.1. The molecule has 3 heteroatoms. The van der Waals surface area contributed by atoms with Crippen molar-refractivity contribution < 1.29 is 0 Å². The molecule has 0 radical (unpaired) electrons. The molecule has 7 aromatic rings. The molecule has 1 unspecified atom stereocenters. The summed E-state index contributed by atoms with van der Waals surface area (Å²) in [5.74, 6) is 0. The predicted molar refractivity (Wildman–Crippen MR) is 213 cm³/mol. The molecular weight excluding hydrogens is 607 g/mol. The Morgan fingerprint density at radius 3 is 2.14 bits per heavy atom. The maximum Gasteiger partial charge on any atom is 0.130 e. The number of benzene rings is 7. The van der Waals surface area contributed by atoms with Gasteiger partial charge in [-0.2, -0.15) is 0 Å². The summed E-state index contributed by atoms with van der Waals surface area (Å²) in [6.45, 7) is 4.54. The summed E-state index contributed by atoms with van der Waals surface area (Å²) in [6, 6.07) is 56.3. The first kappa shape index (κ1) is 29.6. The van der Waals surface area contributed by atoms with Gasteiger partial charge in [0.15, 0.2) is 0 Å². The van der Waals surface area contributed by atoms with Gasteiger partial charge in [0, 0.05) is 45.5 Å². The number of para-hydroxylation sites is 1. The quantitative estimate of drug-likeness (QED) is 0.196. The van der Waals surface area contributed by atoms with Crippen molar-refractivity contribution in [1.29, 1.82) is 0 Å². The molecule has 0 amide bonds. The van der Waals surface area contributed by atoms with E-state index in [-0.39, 0.29) is 6.17 Å². The highest BCUT2D eigenvalue weighted by molar-refractivity contribution is 5.97. The molecule has 0 saturated carbocycles. The predicted octanol–water partition coefficient (Wildman–Crippen LogP) is 12.6. The van der Waals surface area contributed by atoms with Gasteiger partial charge in [-0.15, -0.1) is 0 Å². The maximum absolute atomic E-state index is 4.54. The van der Waals surface area contributed by atoms with E-state index in [9.17, 15) is 0 Å². The summed E-state index contributed by atoms with van der Waals surface area (Å²) in [4.78, 5) is 2.36. The van der Waals surface area contributed by atoms with E-state index in [1.54, 1.807) is 0 Å². The van der Waals surface area contributed by atoms with Crippen LogP contribution in [0, 0.1) is 0 Å². The van der Waals surface area contributed by atoms with Crippen LogP contribution in [0.2, 0.25) is 0 Å². The Morgan fingerprint density at radius 1 is 0.560 bits per heavy atom.